The van der Waals surface area contributed by atoms with E-state index in [1.165, 1.54) is 32.1 Å². The minimum Gasteiger partial charge on any atom is -0.373 e. The van der Waals surface area contributed by atoms with E-state index in [4.69, 9.17) is 4.74 Å². The van der Waals surface area contributed by atoms with Crippen LogP contribution in [0.1, 0.15) is 44.1 Å². The van der Waals surface area contributed by atoms with Crippen LogP contribution in [0.4, 0.5) is 0 Å². The maximum atomic E-state index is 12.0. The highest BCUT2D eigenvalue weighted by Crippen LogP contribution is 2.39. The van der Waals surface area contributed by atoms with Gasteiger partial charge in [-0.2, -0.15) is 11.3 Å². The van der Waals surface area contributed by atoms with Crippen LogP contribution in [0.15, 0.2) is 16.8 Å². The molecule has 0 unspecified atom stereocenters. The van der Waals surface area contributed by atoms with Crippen LogP contribution in [-0.4, -0.2) is 24.2 Å². The highest BCUT2D eigenvalue weighted by Gasteiger charge is 2.41. The van der Waals surface area contributed by atoms with Crippen LogP contribution < -0.4 is 5.32 Å². The molecule has 1 saturated heterocycles. The van der Waals surface area contributed by atoms with Gasteiger partial charge in [-0.3, -0.25) is 4.79 Å². The first-order chi connectivity index (χ1) is 9.26. The van der Waals surface area contributed by atoms with Gasteiger partial charge in [0.1, 0.15) is 0 Å². The Morgan fingerprint density at radius 2 is 2.26 bits per heavy atom. The molecule has 1 aromatic heterocycles. The van der Waals surface area contributed by atoms with E-state index in [1.807, 2.05) is 16.8 Å². The quantitative estimate of drug-likeness (QED) is 0.924. The summed E-state index contributed by atoms with van der Waals surface area (Å²) in [5, 5.41) is 7.18. The molecule has 3 rings (SSSR count). The summed E-state index contributed by atoms with van der Waals surface area (Å²) in [6, 6.07) is 2.22. The van der Waals surface area contributed by atoms with Gasteiger partial charge >= 0.3 is 0 Å². The highest BCUT2D eigenvalue weighted by atomic mass is 32.1. The Morgan fingerprint density at radius 1 is 1.42 bits per heavy atom. The molecule has 1 aliphatic carbocycles. The van der Waals surface area contributed by atoms with Crippen molar-refractivity contribution in [2.24, 2.45) is 0 Å². The maximum absolute atomic E-state index is 12.0. The van der Waals surface area contributed by atoms with Crippen LogP contribution in [0, 0.1) is 0 Å². The number of carbonyl (C=O) groups excluding carboxylic acids is 1. The molecule has 2 heterocycles. The summed E-state index contributed by atoms with van der Waals surface area (Å²) >= 11 is 1.64. The van der Waals surface area contributed by atoms with Crippen molar-refractivity contribution in [3.05, 3.63) is 22.4 Å². The van der Waals surface area contributed by atoms with Gasteiger partial charge in [0.2, 0.25) is 5.91 Å². The van der Waals surface area contributed by atoms with Crippen LogP contribution in [0.5, 0.6) is 0 Å². The number of nitrogens with one attached hydrogen (secondary N) is 1. The third-order valence-electron chi connectivity index (χ3n) is 4.28. The fourth-order valence-electron chi connectivity index (χ4n) is 3.34. The van der Waals surface area contributed by atoms with Crippen molar-refractivity contribution in [1.29, 1.82) is 0 Å². The zero-order valence-electron chi connectivity index (χ0n) is 11.2. The van der Waals surface area contributed by atoms with Gasteiger partial charge in [0, 0.05) is 0 Å². The van der Waals surface area contributed by atoms with Crippen LogP contribution >= 0.6 is 11.3 Å². The Balaban J connectivity index is 1.50. The molecule has 1 N–H and O–H groups in total. The third-order valence-corrected chi connectivity index (χ3v) is 5.02. The Kier molecular flexibility index (Phi) is 3.89. The Labute approximate surface area is 118 Å². The second kappa shape index (κ2) is 5.63. The summed E-state index contributed by atoms with van der Waals surface area (Å²) in [5.41, 5.74) is 1.19. The smallest absolute Gasteiger partial charge is 0.224 e. The van der Waals surface area contributed by atoms with E-state index in [-0.39, 0.29) is 17.6 Å². The van der Waals surface area contributed by atoms with Gasteiger partial charge in [-0.25, -0.2) is 0 Å². The van der Waals surface area contributed by atoms with Crippen LogP contribution in [0.3, 0.4) is 0 Å². The summed E-state index contributed by atoms with van der Waals surface area (Å²) < 4.78 is 6.02. The Bertz CT molecular complexity index is 423. The number of carbonyl (C=O) groups is 1. The van der Waals surface area contributed by atoms with E-state index in [0.717, 1.165) is 12.0 Å². The molecule has 104 valence electrons. The largest absolute Gasteiger partial charge is 0.373 e. The minimum absolute atomic E-state index is 0.0819. The molecule has 4 heteroatoms. The summed E-state index contributed by atoms with van der Waals surface area (Å²) in [6.45, 7) is 0.690. The number of thiophene rings is 1. The normalized spacial score (nSPS) is 25.6. The van der Waals surface area contributed by atoms with Gasteiger partial charge in [-0.15, -0.1) is 0 Å². The Hall–Kier alpha value is -0.870. The predicted molar refractivity (Wildman–Crippen MR) is 76.3 cm³/mol. The van der Waals surface area contributed by atoms with Crippen LogP contribution in [0.25, 0.3) is 0 Å². The summed E-state index contributed by atoms with van der Waals surface area (Å²) in [7, 11) is 0. The average molecular weight is 279 g/mol. The molecule has 0 aromatic carbocycles. The second-order valence-corrected chi connectivity index (χ2v) is 6.61. The summed E-state index contributed by atoms with van der Waals surface area (Å²) in [6.07, 6.45) is 7.72. The summed E-state index contributed by atoms with van der Waals surface area (Å²) in [4.78, 5) is 12.0. The fraction of sp³-hybridized carbons (Fsp3) is 0.667. The lowest BCUT2D eigenvalue weighted by molar-refractivity contribution is -0.121. The zero-order valence-corrected chi connectivity index (χ0v) is 12.0. The zero-order chi connectivity index (χ0) is 13.1. The molecule has 0 radical (unpaired) electrons. The first kappa shape index (κ1) is 13.1. The molecule has 1 spiro atoms. The maximum Gasteiger partial charge on any atom is 0.224 e. The minimum atomic E-state index is 0.0819. The first-order valence-electron chi connectivity index (χ1n) is 7.20. The molecular weight excluding hydrogens is 258 g/mol. The van der Waals surface area contributed by atoms with Gasteiger partial charge in [-0.05, 0) is 41.7 Å². The van der Waals surface area contributed by atoms with E-state index in [0.29, 0.717) is 13.0 Å². The molecule has 1 atom stereocenters. The molecule has 1 aliphatic heterocycles. The van der Waals surface area contributed by atoms with Crippen molar-refractivity contribution in [3.63, 3.8) is 0 Å². The van der Waals surface area contributed by atoms with Crippen LogP contribution in [-0.2, 0) is 16.0 Å². The van der Waals surface area contributed by atoms with Gasteiger partial charge < -0.3 is 10.1 Å². The lowest BCUT2D eigenvalue weighted by Crippen LogP contribution is -2.38. The fourth-order valence-corrected chi connectivity index (χ4v) is 4.01. The van der Waals surface area contributed by atoms with Gasteiger partial charge in [0.25, 0.3) is 0 Å². The van der Waals surface area contributed by atoms with Crippen molar-refractivity contribution in [2.45, 2.75) is 56.6 Å². The molecule has 19 heavy (non-hydrogen) atoms. The number of amides is 1. The summed E-state index contributed by atoms with van der Waals surface area (Å²) in [5.74, 6) is 0.125. The van der Waals surface area contributed by atoms with E-state index in [2.05, 4.69) is 5.32 Å². The lowest BCUT2D eigenvalue weighted by atomic mass is 9.82. The standard InChI is InChI=1S/C15H21NO2S/c17-14(8-12-4-7-19-11-12)16-13-9-15(18-10-13)5-2-1-3-6-15/h4,7,11,13H,1-3,5-6,8-10H2,(H,16,17)/t13-/m1/s1. The van der Waals surface area contributed by atoms with E-state index in [1.54, 1.807) is 11.3 Å². The SMILES string of the molecule is O=C(Cc1ccsc1)N[C@H]1COC2(CCCCC2)C1. The van der Waals surface area contributed by atoms with E-state index >= 15 is 0 Å². The topological polar surface area (TPSA) is 38.3 Å². The van der Waals surface area contributed by atoms with Gasteiger partial charge in [0.05, 0.1) is 24.7 Å². The number of rotatable bonds is 3. The molecule has 1 aromatic rings. The monoisotopic (exact) mass is 279 g/mol. The lowest BCUT2D eigenvalue weighted by Gasteiger charge is -2.32. The number of ether oxygens (including phenoxy) is 1. The van der Waals surface area contributed by atoms with Crippen molar-refractivity contribution in [3.8, 4) is 0 Å². The molecule has 2 aliphatic rings. The molecule has 1 saturated carbocycles. The first-order valence-corrected chi connectivity index (χ1v) is 8.14. The molecule has 3 nitrogen and oxygen atoms in total. The van der Waals surface area contributed by atoms with Crippen molar-refractivity contribution in [1.82, 2.24) is 5.32 Å². The molecule has 1 amide bonds. The van der Waals surface area contributed by atoms with Crippen molar-refractivity contribution >= 4 is 17.2 Å². The van der Waals surface area contributed by atoms with Gasteiger partial charge in [0.15, 0.2) is 0 Å². The Morgan fingerprint density at radius 3 is 3.00 bits per heavy atom. The number of hydrogen-bond donors (Lipinski definition) is 1. The predicted octanol–water partition coefficient (Wildman–Crippen LogP) is 2.90. The van der Waals surface area contributed by atoms with Crippen LogP contribution in [0.2, 0.25) is 0 Å². The van der Waals surface area contributed by atoms with Crippen molar-refractivity contribution in [2.75, 3.05) is 6.61 Å². The highest BCUT2D eigenvalue weighted by molar-refractivity contribution is 7.07. The average Bonchev–Trinajstić information content (AvgIpc) is 3.02. The van der Waals surface area contributed by atoms with E-state index < -0.39 is 0 Å². The third kappa shape index (κ3) is 3.18. The molecular formula is C15H21NO2S. The van der Waals surface area contributed by atoms with E-state index in [9.17, 15) is 4.79 Å². The second-order valence-electron chi connectivity index (χ2n) is 5.83. The van der Waals surface area contributed by atoms with Crippen molar-refractivity contribution < 1.29 is 9.53 Å². The molecule has 0 bridgehead atoms. The number of hydrogen-bond acceptors (Lipinski definition) is 3. The van der Waals surface area contributed by atoms with Gasteiger partial charge in [-0.1, -0.05) is 19.3 Å². The molecule has 2 fully saturated rings.